The van der Waals surface area contributed by atoms with Crippen LogP contribution in [-0.4, -0.2) is 17.1 Å². The highest BCUT2D eigenvalue weighted by atomic mass is 35.5. The molecule has 3 nitrogen and oxygen atoms in total. The molecular formula is C7H12ClNO2. The number of hydrogen-bond donors (Lipinski definition) is 2. The van der Waals surface area contributed by atoms with Crippen molar-refractivity contribution in [3.05, 3.63) is 0 Å². The van der Waals surface area contributed by atoms with Gasteiger partial charge in [0.25, 0.3) is 0 Å². The van der Waals surface area contributed by atoms with Crippen LogP contribution in [0.15, 0.2) is 0 Å². The minimum absolute atomic E-state index is 0. The molecular weight excluding hydrogens is 166 g/mol. The molecule has 0 radical (unpaired) electrons. The molecule has 0 aromatic heterocycles. The van der Waals surface area contributed by atoms with Gasteiger partial charge in [-0.25, -0.2) is 0 Å². The van der Waals surface area contributed by atoms with Gasteiger partial charge in [0.1, 0.15) is 6.04 Å². The molecule has 0 amide bonds. The lowest BCUT2D eigenvalue weighted by molar-refractivity contribution is -0.138. The van der Waals surface area contributed by atoms with Crippen LogP contribution in [0, 0.1) is 11.8 Å². The Morgan fingerprint density at radius 1 is 1.73 bits per heavy atom. The smallest absolute Gasteiger partial charge is 0.320 e. The summed E-state index contributed by atoms with van der Waals surface area (Å²) >= 11 is 0. The van der Waals surface area contributed by atoms with Crippen LogP contribution < -0.4 is 5.73 Å². The van der Waals surface area contributed by atoms with Gasteiger partial charge in [0.05, 0.1) is 0 Å². The van der Waals surface area contributed by atoms with E-state index in [1.807, 2.05) is 0 Å². The highest BCUT2D eigenvalue weighted by Gasteiger charge is 2.08. The number of carbonyl (C=O) groups is 1. The van der Waals surface area contributed by atoms with Gasteiger partial charge < -0.3 is 10.8 Å². The summed E-state index contributed by atoms with van der Waals surface area (Å²) in [6, 6.07) is -0.763. The lowest BCUT2D eigenvalue weighted by Crippen LogP contribution is -2.29. The van der Waals surface area contributed by atoms with Crippen molar-refractivity contribution in [1.29, 1.82) is 0 Å². The first kappa shape index (κ1) is 12.9. The maximum atomic E-state index is 10.1. The number of hydrogen-bond acceptors (Lipinski definition) is 2. The average Bonchev–Trinajstić information content (AvgIpc) is 1.88. The van der Waals surface area contributed by atoms with Crippen LogP contribution in [-0.2, 0) is 4.79 Å². The van der Waals surface area contributed by atoms with E-state index in [4.69, 9.17) is 10.8 Å². The van der Waals surface area contributed by atoms with Crippen molar-refractivity contribution in [2.24, 2.45) is 5.73 Å². The number of aliphatic carboxylic acids is 1. The molecule has 0 heterocycles. The predicted molar refractivity (Wildman–Crippen MR) is 45.5 cm³/mol. The Kier molecular flexibility index (Phi) is 8.67. The van der Waals surface area contributed by atoms with Crippen LogP contribution in [0.3, 0.4) is 0 Å². The Balaban J connectivity index is 0. The minimum Gasteiger partial charge on any atom is -0.480 e. The van der Waals surface area contributed by atoms with Gasteiger partial charge in [0, 0.05) is 6.42 Å². The maximum Gasteiger partial charge on any atom is 0.320 e. The Labute approximate surface area is 72.4 Å². The van der Waals surface area contributed by atoms with Crippen LogP contribution >= 0.6 is 12.4 Å². The zero-order chi connectivity index (χ0) is 7.98. The van der Waals surface area contributed by atoms with Gasteiger partial charge in [0.15, 0.2) is 0 Å². The van der Waals surface area contributed by atoms with Crippen LogP contribution in [0.4, 0.5) is 0 Å². The van der Waals surface area contributed by atoms with E-state index in [1.165, 1.54) is 0 Å². The zero-order valence-corrected chi connectivity index (χ0v) is 7.15. The predicted octanol–water partition coefficient (Wildman–Crippen LogP) is 0.624. The standard InChI is InChI=1S/C7H11NO2.ClH/c1-2-3-4-5-6(8)7(9)10;/h6H,4-5,8H2,1H3,(H,9,10);1H/t6-;/m0./s1. The molecule has 0 aliphatic heterocycles. The van der Waals surface area contributed by atoms with E-state index >= 15 is 0 Å². The quantitative estimate of drug-likeness (QED) is 0.622. The normalized spacial score (nSPS) is 10.4. The number of carboxylic acids is 1. The molecule has 0 aliphatic carbocycles. The molecule has 0 aromatic carbocycles. The largest absolute Gasteiger partial charge is 0.480 e. The maximum absolute atomic E-state index is 10.1. The van der Waals surface area contributed by atoms with Crippen LogP contribution in [0.25, 0.3) is 0 Å². The number of carboxylic acid groups (broad SMARTS) is 1. The average molecular weight is 178 g/mol. The van der Waals surface area contributed by atoms with Gasteiger partial charge >= 0.3 is 5.97 Å². The zero-order valence-electron chi connectivity index (χ0n) is 6.33. The highest BCUT2D eigenvalue weighted by molar-refractivity contribution is 5.85. The van der Waals surface area contributed by atoms with Gasteiger partial charge in [0.2, 0.25) is 0 Å². The van der Waals surface area contributed by atoms with E-state index in [9.17, 15) is 4.79 Å². The third kappa shape index (κ3) is 7.17. The van der Waals surface area contributed by atoms with E-state index < -0.39 is 12.0 Å². The Bertz CT molecular complexity index is 171. The van der Waals surface area contributed by atoms with Crippen molar-refractivity contribution < 1.29 is 9.90 Å². The lowest BCUT2D eigenvalue weighted by atomic mass is 10.2. The molecule has 0 aliphatic rings. The molecule has 3 N–H and O–H groups in total. The second kappa shape index (κ2) is 7.39. The van der Waals surface area contributed by atoms with E-state index in [1.54, 1.807) is 6.92 Å². The lowest BCUT2D eigenvalue weighted by Gasteiger charge is -2.00. The molecule has 64 valence electrons. The van der Waals surface area contributed by atoms with E-state index in [2.05, 4.69) is 11.8 Å². The monoisotopic (exact) mass is 177 g/mol. The fourth-order valence-electron chi connectivity index (χ4n) is 0.476. The summed E-state index contributed by atoms with van der Waals surface area (Å²) in [6.45, 7) is 1.71. The molecule has 0 fully saturated rings. The van der Waals surface area contributed by atoms with E-state index in [-0.39, 0.29) is 12.4 Å². The summed E-state index contributed by atoms with van der Waals surface area (Å²) in [5.74, 6) is 4.44. The third-order valence-electron chi connectivity index (χ3n) is 1.07. The van der Waals surface area contributed by atoms with Gasteiger partial charge in [-0.15, -0.1) is 24.2 Å². The fraction of sp³-hybridized carbons (Fsp3) is 0.571. The van der Waals surface area contributed by atoms with Crippen molar-refractivity contribution >= 4 is 18.4 Å². The molecule has 11 heavy (non-hydrogen) atoms. The summed E-state index contributed by atoms with van der Waals surface area (Å²) in [7, 11) is 0. The first-order valence-corrected chi connectivity index (χ1v) is 3.06. The summed E-state index contributed by atoms with van der Waals surface area (Å²) < 4.78 is 0. The van der Waals surface area contributed by atoms with Crippen LogP contribution in [0.5, 0.6) is 0 Å². The molecule has 0 saturated carbocycles. The third-order valence-corrected chi connectivity index (χ3v) is 1.07. The molecule has 0 spiro atoms. The van der Waals surface area contributed by atoms with Gasteiger partial charge in [-0.3, -0.25) is 4.79 Å². The van der Waals surface area contributed by atoms with Crippen molar-refractivity contribution in [3.8, 4) is 11.8 Å². The van der Waals surface area contributed by atoms with Crippen LogP contribution in [0.2, 0.25) is 0 Å². The van der Waals surface area contributed by atoms with Gasteiger partial charge in [-0.2, -0.15) is 0 Å². The first-order valence-electron chi connectivity index (χ1n) is 3.06. The molecule has 0 saturated heterocycles. The Morgan fingerprint density at radius 2 is 2.27 bits per heavy atom. The minimum atomic E-state index is -0.960. The molecule has 0 aromatic rings. The van der Waals surface area contributed by atoms with Gasteiger partial charge in [-0.05, 0) is 13.3 Å². The van der Waals surface area contributed by atoms with E-state index in [0.717, 1.165) is 0 Å². The van der Waals surface area contributed by atoms with Gasteiger partial charge in [-0.1, -0.05) is 0 Å². The molecule has 4 heteroatoms. The summed E-state index contributed by atoms with van der Waals surface area (Å²) in [4.78, 5) is 10.1. The molecule has 0 bridgehead atoms. The summed E-state index contributed by atoms with van der Waals surface area (Å²) in [6.07, 6.45) is 0.986. The van der Waals surface area contributed by atoms with Crippen molar-refractivity contribution in [2.75, 3.05) is 0 Å². The molecule has 1 atom stereocenters. The number of rotatable bonds is 3. The number of halogens is 1. The summed E-state index contributed by atoms with van der Waals surface area (Å²) in [5, 5.41) is 8.31. The van der Waals surface area contributed by atoms with Crippen molar-refractivity contribution in [2.45, 2.75) is 25.8 Å². The van der Waals surface area contributed by atoms with E-state index in [0.29, 0.717) is 12.8 Å². The second-order valence-electron chi connectivity index (χ2n) is 1.91. The molecule has 0 rings (SSSR count). The highest BCUT2D eigenvalue weighted by Crippen LogP contribution is 1.91. The summed E-state index contributed by atoms with van der Waals surface area (Å²) in [5.41, 5.74) is 5.19. The topological polar surface area (TPSA) is 63.3 Å². The second-order valence-corrected chi connectivity index (χ2v) is 1.91. The SMILES string of the molecule is CC#CCC[C@H](N)C(=O)O.Cl. The Morgan fingerprint density at radius 3 is 2.64 bits per heavy atom. The van der Waals surface area contributed by atoms with Crippen molar-refractivity contribution in [1.82, 2.24) is 0 Å². The Hall–Kier alpha value is -0.720. The van der Waals surface area contributed by atoms with Crippen molar-refractivity contribution in [3.63, 3.8) is 0 Å². The molecule has 0 unspecified atom stereocenters. The number of nitrogens with two attached hydrogens (primary N) is 1. The first-order chi connectivity index (χ1) is 4.68. The van der Waals surface area contributed by atoms with Crippen LogP contribution in [0.1, 0.15) is 19.8 Å². The fourth-order valence-corrected chi connectivity index (χ4v) is 0.476.